The lowest BCUT2D eigenvalue weighted by atomic mass is 9.98. The molecule has 0 saturated carbocycles. The highest BCUT2D eigenvalue weighted by Gasteiger charge is 2.25. The molecular formula is C57H35N5S. The van der Waals surface area contributed by atoms with E-state index in [4.69, 9.17) is 15.0 Å². The molecule has 4 aromatic heterocycles. The van der Waals surface area contributed by atoms with Crippen LogP contribution in [0.4, 0.5) is 0 Å². The number of aromatic nitrogens is 5. The Balaban J connectivity index is 1.15. The van der Waals surface area contributed by atoms with Crippen molar-refractivity contribution < 1.29 is 0 Å². The number of hydrogen-bond donors (Lipinski definition) is 0. The summed E-state index contributed by atoms with van der Waals surface area (Å²) in [4.78, 5) is 16.1. The van der Waals surface area contributed by atoms with E-state index in [0.29, 0.717) is 17.6 Å². The average molecular weight is 822 g/mol. The highest BCUT2D eigenvalue weighted by Crippen LogP contribution is 2.45. The lowest BCUT2D eigenvalue weighted by Gasteiger charge is -2.16. The van der Waals surface area contributed by atoms with Crippen LogP contribution in [0, 0.1) is 0 Å². The lowest BCUT2D eigenvalue weighted by molar-refractivity contribution is 0.956. The SMILES string of the molecule is c1ccc(-c2ccc(-c3ccccc3)c(-n3c4ccccc4c4c3ccc3c5ccccc5n(-c5nc(-c6ccccc6)nc(-c6cccc7c6sc6ccccc67)n5)c34)c2)cc1. The monoisotopic (exact) mass is 821 g/mol. The summed E-state index contributed by atoms with van der Waals surface area (Å²) in [6.45, 7) is 0. The molecule has 0 aliphatic heterocycles. The third-order valence-electron chi connectivity index (χ3n) is 12.4. The van der Waals surface area contributed by atoms with Gasteiger partial charge in [-0.3, -0.25) is 4.57 Å². The molecule has 0 amide bonds. The molecule has 0 N–H and O–H groups in total. The Morgan fingerprint density at radius 1 is 0.349 bits per heavy atom. The third kappa shape index (κ3) is 5.59. The third-order valence-corrected chi connectivity index (χ3v) is 13.6. The van der Waals surface area contributed by atoms with Gasteiger partial charge in [-0.25, -0.2) is 4.98 Å². The number of fused-ring (bicyclic) bond motifs is 10. The Labute approximate surface area is 366 Å². The van der Waals surface area contributed by atoms with Gasteiger partial charge in [0.25, 0.3) is 0 Å². The van der Waals surface area contributed by atoms with Gasteiger partial charge in [0.15, 0.2) is 11.6 Å². The Morgan fingerprint density at radius 3 is 1.75 bits per heavy atom. The quantitative estimate of drug-likeness (QED) is 0.168. The summed E-state index contributed by atoms with van der Waals surface area (Å²) in [6.07, 6.45) is 0. The van der Waals surface area contributed by atoms with Gasteiger partial charge in [0.2, 0.25) is 5.95 Å². The molecule has 5 nitrogen and oxygen atoms in total. The van der Waals surface area contributed by atoms with Gasteiger partial charge >= 0.3 is 0 Å². The summed E-state index contributed by atoms with van der Waals surface area (Å²) >= 11 is 1.79. The van der Waals surface area contributed by atoms with Crippen molar-refractivity contribution in [2.24, 2.45) is 0 Å². The molecule has 0 aliphatic rings. The van der Waals surface area contributed by atoms with Crippen LogP contribution >= 0.6 is 11.3 Å². The lowest BCUT2D eigenvalue weighted by Crippen LogP contribution is -2.06. The molecule has 9 aromatic carbocycles. The molecule has 0 unspecified atom stereocenters. The van der Waals surface area contributed by atoms with E-state index < -0.39 is 0 Å². The van der Waals surface area contributed by atoms with Gasteiger partial charge < -0.3 is 4.57 Å². The molecule has 0 radical (unpaired) electrons. The van der Waals surface area contributed by atoms with Crippen LogP contribution < -0.4 is 0 Å². The fraction of sp³-hybridized carbons (Fsp3) is 0. The summed E-state index contributed by atoms with van der Waals surface area (Å²) in [7, 11) is 0. The molecule has 0 aliphatic carbocycles. The second-order valence-corrected chi connectivity index (χ2v) is 17.0. The first-order chi connectivity index (χ1) is 31.3. The molecule has 0 atom stereocenters. The molecule has 6 heteroatoms. The summed E-state index contributed by atoms with van der Waals surface area (Å²) in [5.41, 5.74) is 12.0. The molecule has 13 aromatic rings. The maximum Gasteiger partial charge on any atom is 0.238 e. The normalized spacial score (nSPS) is 11.8. The topological polar surface area (TPSA) is 48.5 Å². The van der Waals surface area contributed by atoms with Crippen LogP contribution in [0.5, 0.6) is 0 Å². The number of para-hydroxylation sites is 2. The standard InChI is InChI=1S/C57H35N5S/c1-4-17-36(18-5-1)39-31-32-40(37-19-6-2-7-20-37)50(35-39)61-48-29-14-11-25-45(48)52-49(61)34-33-43-41-23-10-13-28-47(41)62(53(43)52)57-59-55(38-21-8-3-9-22-38)58-56(60-57)46-27-16-26-44-42-24-12-15-30-51(42)63-54(44)46/h1-35H. The Hall–Kier alpha value is -8.19. The molecular weight excluding hydrogens is 787 g/mol. The van der Waals surface area contributed by atoms with Crippen molar-refractivity contribution in [1.29, 1.82) is 0 Å². The van der Waals surface area contributed by atoms with Crippen molar-refractivity contribution in [2.75, 3.05) is 0 Å². The summed E-state index contributed by atoms with van der Waals surface area (Å²) in [6, 6.07) is 75.6. The van der Waals surface area contributed by atoms with Crippen LogP contribution in [-0.4, -0.2) is 24.1 Å². The fourth-order valence-corrected chi connectivity index (χ4v) is 10.8. The van der Waals surface area contributed by atoms with Gasteiger partial charge in [0, 0.05) is 58.4 Å². The largest absolute Gasteiger partial charge is 0.309 e. The zero-order valence-electron chi connectivity index (χ0n) is 33.9. The fourth-order valence-electron chi connectivity index (χ4n) is 9.59. The van der Waals surface area contributed by atoms with E-state index in [9.17, 15) is 0 Å². The van der Waals surface area contributed by atoms with Crippen molar-refractivity contribution in [1.82, 2.24) is 24.1 Å². The maximum atomic E-state index is 5.48. The smallest absolute Gasteiger partial charge is 0.238 e. The highest BCUT2D eigenvalue weighted by molar-refractivity contribution is 7.26. The van der Waals surface area contributed by atoms with Gasteiger partial charge in [-0.1, -0.05) is 176 Å². The minimum absolute atomic E-state index is 0.573. The van der Waals surface area contributed by atoms with Gasteiger partial charge in [-0.15, -0.1) is 11.3 Å². The molecule has 0 saturated heterocycles. The van der Waals surface area contributed by atoms with E-state index in [-0.39, 0.29) is 0 Å². The molecule has 4 heterocycles. The van der Waals surface area contributed by atoms with Crippen molar-refractivity contribution in [3.05, 3.63) is 212 Å². The van der Waals surface area contributed by atoms with E-state index in [1.54, 1.807) is 11.3 Å². The number of nitrogens with zero attached hydrogens (tertiary/aromatic N) is 5. The Bertz CT molecular complexity index is 3900. The highest BCUT2D eigenvalue weighted by atomic mass is 32.1. The van der Waals surface area contributed by atoms with Crippen LogP contribution in [0.25, 0.3) is 120 Å². The molecule has 0 fully saturated rings. The Kier molecular flexibility index (Phi) is 8.01. The first kappa shape index (κ1) is 35.6. The minimum atomic E-state index is 0.573. The van der Waals surface area contributed by atoms with Gasteiger partial charge in [-0.2, -0.15) is 9.97 Å². The van der Waals surface area contributed by atoms with Crippen LogP contribution in [0.1, 0.15) is 0 Å². The number of thiophene rings is 1. The number of benzene rings is 9. The predicted octanol–water partition coefficient (Wildman–Crippen LogP) is 15.1. The van der Waals surface area contributed by atoms with Crippen molar-refractivity contribution in [3.63, 3.8) is 0 Å². The second kappa shape index (κ2) is 14.2. The van der Waals surface area contributed by atoms with E-state index in [1.807, 2.05) is 18.2 Å². The zero-order chi connectivity index (χ0) is 41.4. The van der Waals surface area contributed by atoms with Crippen molar-refractivity contribution >= 4 is 75.1 Å². The molecule has 63 heavy (non-hydrogen) atoms. The van der Waals surface area contributed by atoms with E-state index in [2.05, 4.69) is 203 Å². The zero-order valence-corrected chi connectivity index (χ0v) is 34.7. The van der Waals surface area contributed by atoms with Crippen LogP contribution in [0.15, 0.2) is 212 Å². The summed E-state index contributed by atoms with van der Waals surface area (Å²) in [5, 5.41) is 7.00. The number of rotatable bonds is 6. The molecule has 294 valence electrons. The van der Waals surface area contributed by atoms with E-state index in [0.717, 1.165) is 81.8 Å². The summed E-state index contributed by atoms with van der Waals surface area (Å²) in [5.74, 6) is 1.84. The minimum Gasteiger partial charge on any atom is -0.309 e. The predicted molar refractivity (Wildman–Crippen MR) is 263 cm³/mol. The van der Waals surface area contributed by atoms with Crippen molar-refractivity contribution in [2.45, 2.75) is 0 Å². The average Bonchev–Trinajstić information content (AvgIpc) is 4.02. The molecule has 0 spiro atoms. The number of hydrogen-bond acceptors (Lipinski definition) is 4. The second-order valence-electron chi connectivity index (χ2n) is 16.0. The maximum absolute atomic E-state index is 5.48. The first-order valence-electron chi connectivity index (χ1n) is 21.2. The molecule has 0 bridgehead atoms. The Morgan fingerprint density at radius 2 is 0.968 bits per heavy atom. The van der Waals surface area contributed by atoms with Crippen molar-refractivity contribution in [3.8, 4) is 56.7 Å². The van der Waals surface area contributed by atoms with Crippen LogP contribution in [0.2, 0.25) is 0 Å². The first-order valence-corrected chi connectivity index (χ1v) is 22.0. The van der Waals surface area contributed by atoms with Gasteiger partial charge in [0.05, 0.1) is 27.8 Å². The van der Waals surface area contributed by atoms with Crippen LogP contribution in [-0.2, 0) is 0 Å². The van der Waals surface area contributed by atoms with E-state index in [1.165, 1.54) is 21.0 Å². The summed E-state index contributed by atoms with van der Waals surface area (Å²) < 4.78 is 7.14. The molecule has 13 rings (SSSR count). The van der Waals surface area contributed by atoms with E-state index >= 15 is 0 Å². The van der Waals surface area contributed by atoms with Crippen LogP contribution in [0.3, 0.4) is 0 Å². The van der Waals surface area contributed by atoms with Gasteiger partial charge in [-0.05, 0) is 53.1 Å². The van der Waals surface area contributed by atoms with Gasteiger partial charge in [0.1, 0.15) is 0 Å².